The maximum atomic E-state index is 9.96. The third kappa shape index (κ3) is 3.21. The Balaban J connectivity index is 2.08. The molecule has 0 saturated carbocycles. The van der Waals surface area contributed by atoms with E-state index in [1.165, 1.54) is 13.8 Å². The molecule has 2 rings (SSSR count). The van der Waals surface area contributed by atoms with Gasteiger partial charge < -0.3 is 44.8 Å². The van der Waals surface area contributed by atoms with Crippen molar-refractivity contribution < 1.29 is 44.8 Å². The van der Waals surface area contributed by atoms with E-state index in [1.807, 2.05) is 0 Å². The summed E-state index contributed by atoms with van der Waals surface area (Å²) < 4.78 is 15.4. The zero-order valence-electron chi connectivity index (χ0n) is 11.7. The average Bonchev–Trinajstić information content (AvgIpc) is 2.44. The highest BCUT2D eigenvalue weighted by atomic mass is 16.7. The summed E-state index contributed by atoms with van der Waals surface area (Å²) in [7, 11) is 0. The third-order valence-corrected chi connectivity index (χ3v) is 3.90. The van der Waals surface area contributed by atoms with Crippen molar-refractivity contribution >= 4 is 0 Å². The number of rotatable bonds is 2. The maximum Gasteiger partial charge on any atom is 0.187 e. The molecule has 2 aliphatic heterocycles. The number of hydrogen-bond acceptors (Lipinski definition) is 9. The molecule has 9 heteroatoms. The summed E-state index contributed by atoms with van der Waals surface area (Å²) in [6.45, 7) is 2.96. The lowest BCUT2D eigenvalue weighted by Crippen LogP contribution is -2.63. The highest BCUT2D eigenvalue weighted by molar-refractivity contribution is 4.92. The van der Waals surface area contributed by atoms with Crippen LogP contribution >= 0.6 is 0 Å². The zero-order valence-corrected chi connectivity index (χ0v) is 11.7. The summed E-state index contributed by atoms with van der Waals surface area (Å²) >= 11 is 0. The molecule has 0 aliphatic carbocycles. The first-order valence-corrected chi connectivity index (χ1v) is 6.78. The highest BCUT2D eigenvalue weighted by Crippen LogP contribution is 2.28. The van der Waals surface area contributed by atoms with Crippen molar-refractivity contribution in [2.75, 3.05) is 0 Å². The van der Waals surface area contributed by atoms with E-state index in [-0.39, 0.29) is 0 Å². The third-order valence-electron chi connectivity index (χ3n) is 3.90. The van der Waals surface area contributed by atoms with E-state index in [9.17, 15) is 30.6 Å². The van der Waals surface area contributed by atoms with Crippen LogP contribution in [0.1, 0.15) is 13.8 Å². The van der Waals surface area contributed by atoms with Gasteiger partial charge in [0, 0.05) is 0 Å². The molecule has 124 valence electrons. The van der Waals surface area contributed by atoms with Crippen molar-refractivity contribution in [3.8, 4) is 0 Å². The Kier molecular flexibility index (Phi) is 5.19. The van der Waals surface area contributed by atoms with E-state index in [0.717, 1.165) is 0 Å². The van der Waals surface area contributed by atoms with Gasteiger partial charge in [-0.15, -0.1) is 0 Å². The van der Waals surface area contributed by atoms with E-state index >= 15 is 0 Å². The van der Waals surface area contributed by atoms with Crippen LogP contribution in [0.2, 0.25) is 0 Å². The minimum atomic E-state index is -1.56. The van der Waals surface area contributed by atoms with Gasteiger partial charge in [0.15, 0.2) is 12.6 Å². The van der Waals surface area contributed by atoms with E-state index < -0.39 is 61.4 Å². The van der Waals surface area contributed by atoms with Crippen molar-refractivity contribution in [1.82, 2.24) is 0 Å². The second-order valence-electron chi connectivity index (χ2n) is 5.50. The highest BCUT2D eigenvalue weighted by Gasteiger charge is 2.48. The Hall–Kier alpha value is -0.360. The van der Waals surface area contributed by atoms with Gasteiger partial charge >= 0.3 is 0 Å². The summed E-state index contributed by atoms with van der Waals surface area (Å²) in [5.41, 5.74) is 0. The second kappa shape index (κ2) is 6.41. The molecule has 0 aromatic heterocycles. The molecular formula is C12H22O9. The quantitative estimate of drug-likeness (QED) is 0.308. The predicted octanol–water partition coefficient (Wildman–Crippen LogP) is -3.34. The van der Waals surface area contributed by atoms with Crippen LogP contribution in [0.4, 0.5) is 0 Å². The van der Waals surface area contributed by atoms with Crippen LogP contribution in [0, 0.1) is 0 Å². The lowest BCUT2D eigenvalue weighted by atomic mass is 9.97. The minimum Gasteiger partial charge on any atom is -0.388 e. The van der Waals surface area contributed by atoms with Crippen LogP contribution in [0.5, 0.6) is 0 Å². The van der Waals surface area contributed by atoms with Crippen LogP contribution in [-0.4, -0.2) is 92.1 Å². The molecule has 10 atom stereocenters. The Morgan fingerprint density at radius 2 is 1.24 bits per heavy atom. The van der Waals surface area contributed by atoms with Gasteiger partial charge in [-0.1, -0.05) is 0 Å². The monoisotopic (exact) mass is 310 g/mol. The number of ether oxygens (including phenoxy) is 3. The first-order valence-electron chi connectivity index (χ1n) is 6.78. The molecule has 6 N–H and O–H groups in total. The molecule has 0 spiro atoms. The smallest absolute Gasteiger partial charge is 0.187 e. The number of aliphatic hydroxyl groups excluding tert-OH is 6. The molecule has 0 unspecified atom stereocenters. The van der Waals surface area contributed by atoms with Crippen molar-refractivity contribution in [2.24, 2.45) is 0 Å². The van der Waals surface area contributed by atoms with Crippen LogP contribution < -0.4 is 0 Å². The SMILES string of the molecule is C[C@@H]1O[C@H](O[C@@H]2[C@@H](O)[C@H](C)O[C@@H](O)[C@@H]2O)[C@H](O)[C@H](O)[C@H]1O. The summed E-state index contributed by atoms with van der Waals surface area (Å²) in [5.74, 6) is 0. The molecular weight excluding hydrogens is 288 g/mol. The topological polar surface area (TPSA) is 149 Å². The van der Waals surface area contributed by atoms with E-state index in [1.54, 1.807) is 0 Å². The Morgan fingerprint density at radius 1 is 0.667 bits per heavy atom. The van der Waals surface area contributed by atoms with E-state index in [2.05, 4.69) is 0 Å². The van der Waals surface area contributed by atoms with Crippen molar-refractivity contribution in [3.63, 3.8) is 0 Å². The number of aliphatic hydroxyl groups is 6. The largest absolute Gasteiger partial charge is 0.388 e. The van der Waals surface area contributed by atoms with Crippen LogP contribution in [-0.2, 0) is 14.2 Å². The van der Waals surface area contributed by atoms with E-state index in [4.69, 9.17) is 14.2 Å². The molecule has 0 radical (unpaired) electrons. The van der Waals surface area contributed by atoms with Crippen LogP contribution in [0.15, 0.2) is 0 Å². The van der Waals surface area contributed by atoms with Crippen LogP contribution in [0.3, 0.4) is 0 Å². The number of hydrogen-bond donors (Lipinski definition) is 6. The van der Waals surface area contributed by atoms with Gasteiger partial charge in [0.05, 0.1) is 12.2 Å². The molecule has 9 nitrogen and oxygen atoms in total. The molecule has 0 amide bonds. The van der Waals surface area contributed by atoms with Gasteiger partial charge in [-0.25, -0.2) is 0 Å². The molecule has 2 heterocycles. The van der Waals surface area contributed by atoms with Gasteiger partial charge in [-0.05, 0) is 13.8 Å². The Bertz CT molecular complexity index is 340. The standard InChI is InChI=1S/C12H22O9/c1-3-5(13)7(15)8(16)12(20-3)21-10-6(14)4(2)19-11(18)9(10)17/h3-18H,1-2H3/t3-,4-,5-,6-,7+,8+,9+,10+,11+,12+/m0/s1. The summed E-state index contributed by atoms with van der Waals surface area (Å²) in [6, 6.07) is 0. The van der Waals surface area contributed by atoms with Crippen molar-refractivity contribution in [1.29, 1.82) is 0 Å². The predicted molar refractivity (Wildman–Crippen MR) is 65.8 cm³/mol. The second-order valence-corrected chi connectivity index (χ2v) is 5.50. The summed E-state index contributed by atoms with van der Waals surface area (Å²) in [4.78, 5) is 0. The first kappa shape index (κ1) is 17.0. The molecule has 21 heavy (non-hydrogen) atoms. The van der Waals surface area contributed by atoms with Gasteiger partial charge in [-0.3, -0.25) is 0 Å². The molecule has 0 aromatic carbocycles. The minimum absolute atomic E-state index is 0.804. The molecule has 2 saturated heterocycles. The first-order chi connectivity index (χ1) is 9.73. The van der Waals surface area contributed by atoms with E-state index in [0.29, 0.717) is 0 Å². The Morgan fingerprint density at radius 3 is 1.86 bits per heavy atom. The fourth-order valence-electron chi connectivity index (χ4n) is 2.45. The van der Waals surface area contributed by atoms with Gasteiger partial charge in [-0.2, -0.15) is 0 Å². The fraction of sp³-hybridized carbons (Fsp3) is 1.00. The fourth-order valence-corrected chi connectivity index (χ4v) is 2.45. The molecule has 2 fully saturated rings. The Labute approximate surface area is 121 Å². The molecule has 0 bridgehead atoms. The summed E-state index contributed by atoms with van der Waals surface area (Å²) in [5, 5.41) is 58.4. The lowest BCUT2D eigenvalue weighted by molar-refractivity contribution is -0.349. The summed E-state index contributed by atoms with van der Waals surface area (Å²) in [6.07, 6.45) is -13.0. The maximum absolute atomic E-state index is 9.96. The van der Waals surface area contributed by atoms with Gasteiger partial charge in [0.2, 0.25) is 0 Å². The average molecular weight is 310 g/mol. The molecule has 2 aliphatic rings. The van der Waals surface area contributed by atoms with Crippen LogP contribution in [0.25, 0.3) is 0 Å². The lowest BCUT2D eigenvalue weighted by Gasteiger charge is -2.44. The normalized spacial score (nSPS) is 55.4. The van der Waals surface area contributed by atoms with Crippen molar-refractivity contribution in [3.05, 3.63) is 0 Å². The molecule has 0 aromatic rings. The van der Waals surface area contributed by atoms with Gasteiger partial charge in [0.25, 0.3) is 0 Å². The zero-order chi connectivity index (χ0) is 15.9. The van der Waals surface area contributed by atoms with Gasteiger partial charge in [0.1, 0.15) is 36.6 Å². The van der Waals surface area contributed by atoms with Crippen molar-refractivity contribution in [2.45, 2.75) is 75.3 Å².